The average Bonchev–Trinajstić information content (AvgIpc) is 2.35. The molecule has 0 fully saturated rings. The van der Waals surface area contributed by atoms with Crippen LogP contribution >= 0.6 is 0 Å². The van der Waals surface area contributed by atoms with Gasteiger partial charge in [-0.3, -0.25) is 0 Å². The van der Waals surface area contributed by atoms with Crippen molar-refractivity contribution in [3.63, 3.8) is 0 Å². The summed E-state index contributed by atoms with van der Waals surface area (Å²) in [5.74, 6) is 0.843. The largest absolute Gasteiger partial charge is 0.478 e. The van der Waals surface area contributed by atoms with Crippen LogP contribution < -0.4 is 10.1 Å². The fourth-order valence-corrected chi connectivity index (χ4v) is 1.36. The molecule has 7 heteroatoms. The second-order valence-electron chi connectivity index (χ2n) is 4.07. The molecule has 108 valence electrons. The van der Waals surface area contributed by atoms with Gasteiger partial charge in [0, 0.05) is 25.2 Å². The van der Waals surface area contributed by atoms with Crippen molar-refractivity contribution in [2.24, 2.45) is 0 Å². The van der Waals surface area contributed by atoms with Gasteiger partial charge in [-0.05, 0) is 19.3 Å². The Balaban J connectivity index is 2.25. The van der Waals surface area contributed by atoms with E-state index in [1.165, 1.54) is 0 Å². The topological polar surface area (TPSA) is 47.0 Å². The lowest BCUT2D eigenvalue weighted by molar-refractivity contribution is -0.135. The first kappa shape index (κ1) is 15.5. The van der Waals surface area contributed by atoms with E-state index in [2.05, 4.69) is 15.3 Å². The Bertz CT molecular complexity index is 371. The molecule has 0 bridgehead atoms. The van der Waals surface area contributed by atoms with Gasteiger partial charge in [0.05, 0.1) is 6.61 Å². The number of nitrogens with zero attached hydrogens (tertiary/aromatic N) is 2. The minimum atomic E-state index is -4.08. The Morgan fingerprint density at radius 2 is 2.11 bits per heavy atom. The van der Waals surface area contributed by atoms with Gasteiger partial charge >= 0.3 is 6.18 Å². The van der Waals surface area contributed by atoms with E-state index in [1.54, 1.807) is 12.3 Å². The molecule has 0 saturated heterocycles. The third-order valence-corrected chi connectivity index (χ3v) is 2.25. The minimum absolute atomic E-state index is 0.0997. The van der Waals surface area contributed by atoms with Gasteiger partial charge in [0.2, 0.25) is 11.8 Å². The van der Waals surface area contributed by atoms with Crippen LogP contribution in [0.15, 0.2) is 12.3 Å². The molecule has 4 nitrogen and oxygen atoms in total. The normalized spacial score (nSPS) is 11.4. The van der Waals surface area contributed by atoms with Crippen LogP contribution in [0.25, 0.3) is 0 Å². The molecule has 0 spiro atoms. The molecule has 19 heavy (non-hydrogen) atoms. The molecule has 0 radical (unpaired) electrons. The van der Waals surface area contributed by atoms with Crippen LogP contribution in [0.5, 0.6) is 5.88 Å². The van der Waals surface area contributed by atoms with Crippen molar-refractivity contribution in [3.8, 4) is 5.88 Å². The molecule has 1 aromatic heterocycles. The Kier molecular flexibility index (Phi) is 6.38. The first-order valence-corrected chi connectivity index (χ1v) is 6.27. The maximum atomic E-state index is 11.9. The van der Waals surface area contributed by atoms with Gasteiger partial charge in [-0.2, -0.15) is 18.2 Å². The fourth-order valence-electron chi connectivity index (χ4n) is 1.36. The average molecular weight is 277 g/mol. The number of nitrogens with one attached hydrogen (secondary N) is 1. The van der Waals surface area contributed by atoms with Crippen LogP contribution in [0.2, 0.25) is 0 Å². The molecule has 0 atom stereocenters. The fraction of sp³-hybridized carbons (Fsp3) is 0.667. The number of hydrogen-bond acceptors (Lipinski definition) is 4. The van der Waals surface area contributed by atoms with Gasteiger partial charge < -0.3 is 10.1 Å². The van der Waals surface area contributed by atoms with Crippen LogP contribution in [0, 0.1) is 0 Å². The van der Waals surface area contributed by atoms with Crippen molar-refractivity contribution in [3.05, 3.63) is 12.3 Å². The Labute approximate surface area is 110 Å². The van der Waals surface area contributed by atoms with Gasteiger partial charge in [0.1, 0.15) is 0 Å². The van der Waals surface area contributed by atoms with Crippen molar-refractivity contribution in [2.75, 3.05) is 18.5 Å². The summed E-state index contributed by atoms with van der Waals surface area (Å²) in [6.45, 7) is 2.97. The molecule has 0 amide bonds. The number of aromatic nitrogens is 2. The second-order valence-corrected chi connectivity index (χ2v) is 4.07. The van der Waals surface area contributed by atoms with Crippen LogP contribution in [0.3, 0.4) is 0 Å². The van der Waals surface area contributed by atoms with Crippen molar-refractivity contribution in [1.29, 1.82) is 0 Å². The molecule has 1 heterocycles. The van der Waals surface area contributed by atoms with Gasteiger partial charge in [-0.15, -0.1) is 0 Å². The van der Waals surface area contributed by atoms with Crippen molar-refractivity contribution in [1.82, 2.24) is 9.97 Å². The molecule has 1 aromatic rings. The van der Waals surface area contributed by atoms with Crippen LogP contribution in [-0.2, 0) is 0 Å². The number of ether oxygens (including phenoxy) is 1. The van der Waals surface area contributed by atoms with Gasteiger partial charge in [0.15, 0.2) is 0 Å². The highest BCUT2D eigenvalue weighted by atomic mass is 19.4. The summed E-state index contributed by atoms with van der Waals surface area (Å²) >= 11 is 0. The molecule has 0 aliphatic heterocycles. The zero-order valence-electron chi connectivity index (χ0n) is 10.8. The van der Waals surface area contributed by atoms with Crippen LogP contribution in [0.4, 0.5) is 19.1 Å². The zero-order valence-corrected chi connectivity index (χ0v) is 10.8. The highest BCUT2D eigenvalue weighted by Gasteiger charge is 2.25. The first-order valence-electron chi connectivity index (χ1n) is 6.27. The summed E-state index contributed by atoms with van der Waals surface area (Å²) in [6.07, 6.45) is -1.88. The van der Waals surface area contributed by atoms with Gasteiger partial charge in [-0.25, -0.2) is 4.98 Å². The maximum absolute atomic E-state index is 11.9. The number of anilines is 1. The monoisotopic (exact) mass is 277 g/mol. The third kappa shape index (κ3) is 7.48. The summed E-state index contributed by atoms with van der Waals surface area (Å²) in [4.78, 5) is 8.06. The van der Waals surface area contributed by atoms with Gasteiger partial charge in [-0.1, -0.05) is 6.92 Å². The van der Waals surface area contributed by atoms with E-state index < -0.39 is 12.6 Å². The maximum Gasteiger partial charge on any atom is 0.389 e. The van der Waals surface area contributed by atoms with E-state index in [4.69, 9.17) is 4.74 Å². The number of halogens is 3. The summed E-state index contributed by atoms with van der Waals surface area (Å²) in [6, 6.07) is 1.64. The standard InChI is InChI=1S/C12H18F3N3O/c1-2-9-19-10-5-8-17-11(18-10)16-7-4-3-6-12(13,14)15/h5,8H,2-4,6-7,9H2,1H3,(H,16,17,18). The van der Waals surface area contributed by atoms with E-state index in [-0.39, 0.29) is 6.42 Å². The van der Waals surface area contributed by atoms with E-state index in [0.717, 1.165) is 6.42 Å². The lowest BCUT2D eigenvalue weighted by Crippen LogP contribution is -2.10. The predicted octanol–water partition coefficient (Wildman–Crippen LogP) is 3.41. The molecule has 0 aromatic carbocycles. The van der Waals surface area contributed by atoms with Crippen molar-refractivity contribution < 1.29 is 17.9 Å². The predicted molar refractivity (Wildman–Crippen MR) is 66.2 cm³/mol. The first-order chi connectivity index (χ1) is 9.01. The molecule has 1 N–H and O–H groups in total. The summed E-state index contributed by atoms with van der Waals surface area (Å²) in [5, 5.41) is 2.88. The zero-order chi connectivity index (χ0) is 14.1. The molecule has 0 aliphatic carbocycles. The summed E-state index contributed by atoms with van der Waals surface area (Å²) in [7, 11) is 0. The highest BCUT2D eigenvalue weighted by molar-refractivity contribution is 5.27. The number of rotatable bonds is 8. The SMILES string of the molecule is CCCOc1ccnc(NCCCCC(F)(F)F)n1. The van der Waals surface area contributed by atoms with E-state index in [9.17, 15) is 13.2 Å². The molecular formula is C12H18F3N3O. The van der Waals surface area contributed by atoms with Crippen LogP contribution in [0.1, 0.15) is 32.6 Å². The van der Waals surface area contributed by atoms with Crippen LogP contribution in [-0.4, -0.2) is 29.3 Å². The molecule has 0 aliphatic rings. The number of unbranched alkanes of at least 4 members (excludes halogenated alkanes) is 1. The van der Waals surface area contributed by atoms with Gasteiger partial charge in [0.25, 0.3) is 0 Å². The molecule has 0 unspecified atom stereocenters. The highest BCUT2D eigenvalue weighted by Crippen LogP contribution is 2.22. The van der Waals surface area contributed by atoms with Crippen molar-refractivity contribution >= 4 is 5.95 Å². The number of alkyl halides is 3. The van der Waals surface area contributed by atoms with E-state index in [1.807, 2.05) is 6.92 Å². The third-order valence-electron chi connectivity index (χ3n) is 2.25. The summed E-state index contributed by atoms with van der Waals surface area (Å²) in [5.41, 5.74) is 0. The Morgan fingerprint density at radius 3 is 2.79 bits per heavy atom. The van der Waals surface area contributed by atoms with E-state index >= 15 is 0 Å². The minimum Gasteiger partial charge on any atom is -0.478 e. The summed E-state index contributed by atoms with van der Waals surface area (Å²) < 4.78 is 41.1. The Morgan fingerprint density at radius 1 is 1.32 bits per heavy atom. The molecular weight excluding hydrogens is 259 g/mol. The lowest BCUT2D eigenvalue weighted by atomic mass is 10.2. The quantitative estimate of drug-likeness (QED) is 0.740. The second kappa shape index (κ2) is 7.81. The Hall–Kier alpha value is -1.53. The number of hydrogen-bond donors (Lipinski definition) is 1. The van der Waals surface area contributed by atoms with E-state index in [0.29, 0.717) is 31.4 Å². The van der Waals surface area contributed by atoms with Crippen molar-refractivity contribution in [2.45, 2.75) is 38.8 Å². The smallest absolute Gasteiger partial charge is 0.389 e. The molecule has 1 rings (SSSR count). The lowest BCUT2D eigenvalue weighted by Gasteiger charge is -2.08. The molecule has 0 saturated carbocycles.